The minimum Gasteiger partial charge on any atom is -0.384 e. The first-order chi connectivity index (χ1) is 10.1. The number of carbonyl (C=O) groups is 1. The third-order valence-corrected chi connectivity index (χ3v) is 3.43. The smallest absolute Gasteiger partial charge is 0.269 e. The summed E-state index contributed by atoms with van der Waals surface area (Å²) in [4.78, 5) is 23.0. The number of aliphatic imine (C=N–C) groups is 1. The Labute approximate surface area is 121 Å². The predicted octanol–water partition coefficient (Wildman–Crippen LogP) is 2.19. The molecule has 0 radical (unpaired) electrons. The normalized spacial score (nSPS) is 17.7. The molecule has 0 unspecified atom stereocenters. The molecule has 0 spiro atoms. The van der Waals surface area contributed by atoms with Crippen LogP contribution >= 0.6 is 0 Å². The van der Waals surface area contributed by atoms with Crippen molar-refractivity contribution in [2.45, 2.75) is 13.3 Å². The summed E-state index contributed by atoms with van der Waals surface area (Å²) in [5, 5.41) is 0. The average molecular weight is 287 g/mol. The van der Waals surface area contributed by atoms with Crippen LogP contribution in [0.5, 0.6) is 0 Å². The number of hydrogen-bond acceptors (Lipinski definition) is 4. The van der Waals surface area contributed by atoms with Crippen LogP contribution in [0.3, 0.4) is 0 Å². The molecule has 0 bridgehead atoms. The lowest BCUT2D eigenvalue weighted by Gasteiger charge is -2.15. The molecule has 0 atom stereocenters. The fourth-order valence-electron chi connectivity index (χ4n) is 2.34. The molecule has 1 amide bonds. The second-order valence-corrected chi connectivity index (χ2v) is 4.69. The standard InChI is InChI=1S/C15H14FN3O2/c1-3-11-15-14(18-21-11)13(17-8-12(20)19(15)2)9-6-4-5-7-10(9)16/h4-8,18H,3H2,1-2H3. The average Bonchev–Trinajstić information content (AvgIpc) is 2.87. The zero-order valence-corrected chi connectivity index (χ0v) is 11.7. The van der Waals surface area contributed by atoms with Crippen molar-refractivity contribution in [3.05, 3.63) is 52.8 Å². The van der Waals surface area contributed by atoms with Gasteiger partial charge in [0.25, 0.3) is 5.91 Å². The predicted molar refractivity (Wildman–Crippen MR) is 76.1 cm³/mol. The second-order valence-electron chi connectivity index (χ2n) is 4.69. The highest BCUT2D eigenvalue weighted by Gasteiger charge is 2.32. The van der Waals surface area contributed by atoms with Gasteiger partial charge < -0.3 is 9.74 Å². The van der Waals surface area contributed by atoms with E-state index in [1.807, 2.05) is 6.92 Å². The van der Waals surface area contributed by atoms with Gasteiger partial charge in [0.05, 0.1) is 6.21 Å². The van der Waals surface area contributed by atoms with E-state index >= 15 is 0 Å². The maximum absolute atomic E-state index is 14.0. The van der Waals surface area contributed by atoms with Gasteiger partial charge in [-0.05, 0) is 12.1 Å². The van der Waals surface area contributed by atoms with Crippen molar-refractivity contribution in [3.63, 3.8) is 0 Å². The van der Waals surface area contributed by atoms with Gasteiger partial charge in [-0.2, -0.15) is 0 Å². The summed E-state index contributed by atoms with van der Waals surface area (Å²) in [6.07, 6.45) is 1.79. The SMILES string of the molecule is CCC1=C2C(=C(c3ccccc3F)N=CC(=O)N2C)NO1. The van der Waals surface area contributed by atoms with Crippen LogP contribution in [0, 0.1) is 5.82 Å². The maximum atomic E-state index is 14.0. The maximum Gasteiger partial charge on any atom is 0.269 e. The van der Waals surface area contributed by atoms with E-state index in [0.29, 0.717) is 34.8 Å². The summed E-state index contributed by atoms with van der Waals surface area (Å²) in [6, 6.07) is 6.30. The zero-order valence-electron chi connectivity index (χ0n) is 11.7. The number of hydroxylamine groups is 1. The molecular weight excluding hydrogens is 273 g/mol. The first kappa shape index (κ1) is 13.4. The van der Waals surface area contributed by atoms with E-state index in [0.717, 1.165) is 0 Å². The molecule has 0 aliphatic carbocycles. The van der Waals surface area contributed by atoms with E-state index in [1.165, 1.54) is 17.2 Å². The third kappa shape index (κ3) is 2.08. The van der Waals surface area contributed by atoms with Gasteiger partial charge in [-0.25, -0.2) is 14.9 Å². The molecular formula is C15H14FN3O2. The fraction of sp³-hybridized carbons (Fsp3) is 0.200. The highest BCUT2D eigenvalue weighted by molar-refractivity contribution is 6.28. The van der Waals surface area contributed by atoms with Gasteiger partial charge in [0.2, 0.25) is 0 Å². The summed E-state index contributed by atoms with van der Waals surface area (Å²) in [6.45, 7) is 1.92. The van der Waals surface area contributed by atoms with E-state index in [1.54, 1.807) is 25.2 Å². The lowest BCUT2D eigenvalue weighted by atomic mass is 10.1. The first-order valence-corrected chi connectivity index (χ1v) is 6.60. The van der Waals surface area contributed by atoms with Gasteiger partial charge in [0, 0.05) is 19.0 Å². The Morgan fingerprint density at radius 2 is 2.14 bits per heavy atom. The number of benzene rings is 1. The Balaban J connectivity index is 2.25. The summed E-state index contributed by atoms with van der Waals surface area (Å²) in [5.41, 5.74) is 4.52. The number of carbonyl (C=O) groups excluding carboxylic acids is 1. The van der Waals surface area contributed by atoms with Crippen LogP contribution in [0.2, 0.25) is 0 Å². The van der Waals surface area contributed by atoms with Crippen LogP contribution < -0.4 is 5.48 Å². The highest BCUT2D eigenvalue weighted by atomic mass is 19.1. The molecule has 21 heavy (non-hydrogen) atoms. The number of fused-ring (bicyclic) bond motifs is 1. The van der Waals surface area contributed by atoms with Crippen molar-refractivity contribution in [3.8, 4) is 0 Å². The van der Waals surface area contributed by atoms with E-state index in [2.05, 4.69) is 10.5 Å². The van der Waals surface area contributed by atoms with Gasteiger partial charge in [-0.1, -0.05) is 19.1 Å². The highest BCUT2D eigenvalue weighted by Crippen LogP contribution is 2.34. The number of amides is 1. The Hall–Kier alpha value is -2.63. The van der Waals surface area contributed by atoms with Crippen LogP contribution in [-0.2, 0) is 9.63 Å². The minimum absolute atomic E-state index is 0.285. The Morgan fingerprint density at radius 1 is 1.38 bits per heavy atom. The van der Waals surface area contributed by atoms with Crippen molar-refractivity contribution in [2.24, 2.45) is 4.99 Å². The van der Waals surface area contributed by atoms with Crippen molar-refractivity contribution in [2.75, 3.05) is 7.05 Å². The molecule has 3 rings (SSSR count). The Morgan fingerprint density at radius 3 is 2.86 bits per heavy atom. The van der Waals surface area contributed by atoms with Gasteiger partial charge in [0.15, 0.2) is 5.76 Å². The number of nitrogens with zero attached hydrogens (tertiary/aromatic N) is 2. The quantitative estimate of drug-likeness (QED) is 0.907. The number of likely N-dealkylation sites (N-methyl/N-ethyl adjacent to an activating group) is 1. The molecule has 6 heteroatoms. The number of hydrogen-bond donors (Lipinski definition) is 1. The summed E-state index contributed by atoms with van der Waals surface area (Å²) in [7, 11) is 1.64. The number of nitrogens with one attached hydrogen (secondary N) is 1. The topological polar surface area (TPSA) is 53.9 Å². The molecule has 1 aromatic rings. The molecule has 1 aromatic carbocycles. The molecule has 0 saturated carbocycles. The molecule has 0 saturated heterocycles. The largest absolute Gasteiger partial charge is 0.384 e. The summed E-state index contributed by atoms with van der Waals surface area (Å²) < 4.78 is 14.0. The summed E-state index contributed by atoms with van der Waals surface area (Å²) >= 11 is 0. The van der Waals surface area contributed by atoms with Gasteiger partial charge in [-0.15, -0.1) is 0 Å². The third-order valence-electron chi connectivity index (χ3n) is 3.43. The van der Waals surface area contributed by atoms with Gasteiger partial charge >= 0.3 is 0 Å². The zero-order chi connectivity index (χ0) is 15.0. The van der Waals surface area contributed by atoms with Crippen molar-refractivity contribution >= 4 is 17.8 Å². The Bertz CT molecular complexity index is 707. The second kappa shape index (κ2) is 5.05. The van der Waals surface area contributed by atoms with Crippen molar-refractivity contribution < 1.29 is 14.0 Å². The molecule has 2 aliphatic rings. The fourth-order valence-corrected chi connectivity index (χ4v) is 2.34. The van der Waals surface area contributed by atoms with E-state index < -0.39 is 5.82 Å². The monoisotopic (exact) mass is 287 g/mol. The molecule has 108 valence electrons. The molecule has 5 nitrogen and oxygen atoms in total. The van der Waals surface area contributed by atoms with Crippen LogP contribution in [-0.4, -0.2) is 24.1 Å². The van der Waals surface area contributed by atoms with E-state index in [-0.39, 0.29) is 5.91 Å². The molecule has 1 N–H and O–H groups in total. The lowest BCUT2D eigenvalue weighted by molar-refractivity contribution is -0.120. The van der Waals surface area contributed by atoms with Crippen LogP contribution in [0.15, 0.2) is 46.4 Å². The van der Waals surface area contributed by atoms with E-state index in [4.69, 9.17) is 4.84 Å². The Kier molecular flexibility index (Phi) is 3.21. The number of halogens is 1. The molecule has 0 fully saturated rings. The molecule has 2 aliphatic heterocycles. The number of rotatable bonds is 2. The molecule has 2 heterocycles. The molecule has 0 aromatic heterocycles. The number of allylic oxidation sites excluding steroid dienone is 1. The van der Waals surface area contributed by atoms with Crippen LogP contribution in [0.1, 0.15) is 18.9 Å². The van der Waals surface area contributed by atoms with Gasteiger partial charge in [0.1, 0.15) is 22.9 Å². The summed E-state index contributed by atoms with van der Waals surface area (Å²) in [5.74, 6) is -0.0625. The van der Waals surface area contributed by atoms with Crippen LogP contribution in [0.25, 0.3) is 5.70 Å². The van der Waals surface area contributed by atoms with Crippen molar-refractivity contribution in [1.29, 1.82) is 0 Å². The lowest BCUT2D eigenvalue weighted by Crippen LogP contribution is -2.27. The van der Waals surface area contributed by atoms with Crippen LogP contribution in [0.4, 0.5) is 4.39 Å². The van der Waals surface area contributed by atoms with E-state index in [9.17, 15) is 9.18 Å². The van der Waals surface area contributed by atoms with Gasteiger partial charge in [-0.3, -0.25) is 4.79 Å². The minimum atomic E-state index is -0.403. The first-order valence-electron chi connectivity index (χ1n) is 6.60. The van der Waals surface area contributed by atoms with Crippen molar-refractivity contribution in [1.82, 2.24) is 10.4 Å².